The Balaban J connectivity index is 1.86. The van der Waals surface area contributed by atoms with Gasteiger partial charge in [0.2, 0.25) is 0 Å². The zero-order valence-corrected chi connectivity index (χ0v) is 17.9. The van der Waals surface area contributed by atoms with Gasteiger partial charge in [0.05, 0.1) is 18.4 Å². The molecule has 0 N–H and O–H groups in total. The molecule has 2 aliphatic rings. The summed E-state index contributed by atoms with van der Waals surface area (Å²) in [6, 6.07) is 13.1. The normalized spacial score (nSPS) is 17.9. The molecule has 1 saturated heterocycles. The number of carbonyl (C=O) groups is 2. The fourth-order valence-electron chi connectivity index (χ4n) is 4.21. The Morgan fingerprint density at radius 2 is 1.60 bits per heavy atom. The van der Waals surface area contributed by atoms with E-state index in [-0.39, 0.29) is 11.8 Å². The highest BCUT2D eigenvalue weighted by molar-refractivity contribution is 6.45. The van der Waals surface area contributed by atoms with E-state index >= 15 is 0 Å². The fourth-order valence-corrected chi connectivity index (χ4v) is 4.21. The zero-order chi connectivity index (χ0) is 21.4. The second-order valence-electron chi connectivity index (χ2n) is 7.95. The van der Waals surface area contributed by atoms with Crippen molar-refractivity contribution in [3.8, 4) is 5.75 Å². The van der Waals surface area contributed by atoms with Crippen molar-refractivity contribution in [2.24, 2.45) is 0 Å². The van der Waals surface area contributed by atoms with Gasteiger partial charge in [0.25, 0.3) is 11.8 Å². The second kappa shape index (κ2) is 7.95. The molecule has 2 aromatic rings. The molecule has 0 atom stereocenters. The smallest absolute Gasteiger partial charge is 0.282 e. The standard InChI is InChI=1S/C24H27N3O3/c1-16-9-10-18(17(2)15-16)21-22(26-13-11-25(3)12-14-26)24(29)27(23(21)28)19-7-5-6-8-20(19)30-4/h5-10,15H,11-14H2,1-4H3. The number of methoxy groups -OCH3 is 1. The molecule has 1 fully saturated rings. The summed E-state index contributed by atoms with van der Waals surface area (Å²) >= 11 is 0. The topological polar surface area (TPSA) is 53.1 Å². The number of anilines is 1. The monoisotopic (exact) mass is 405 g/mol. The van der Waals surface area contributed by atoms with Crippen LogP contribution >= 0.6 is 0 Å². The highest BCUT2D eigenvalue weighted by Gasteiger charge is 2.44. The lowest BCUT2D eigenvalue weighted by atomic mass is 9.97. The first-order valence-electron chi connectivity index (χ1n) is 10.2. The molecule has 0 bridgehead atoms. The summed E-state index contributed by atoms with van der Waals surface area (Å²) < 4.78 is 5.44. The molecular weight excluding hydrogens is 378 g/mol. The maximum Gasteiger partial charge on any atom is 0.282 e. The number of piperazine rings is 1. The van der Waals surface area contributed by atoms with Gasteiger partial charge in [-0.3, -0.25) is 9.59 Å². The molecule has 2 aliphatic heterocycles. The number of imide groups is 1. The van der Waals surface area contributed by atoms with Crippen molar-refractivity contribution >= 4 is 23.1 Å². The largest absolute Gasteiger partial charge is 0.495 e. The molecule has 6 nitrogen and oxygen atoms in total. The first-order valence-corrected chi connectivity index (χ1v) is 10.2. The predicted molar refractivity (Wildman–Crippen MR) is 117 cm³/mol. The van der Waals surface area contributed by atoms with E-state index in [1.165, 1.54) is 4.90 Å². The van der Waals surface area contributed by atoms with Gasteiger partial charge in [-0.15, -0.1) is 0 Å². The highest BCUT2D eigenvalue weighted by atomic mass is 16.5. The number of likely N-dealkylation sites (N-methyl/N-ethyl adjacent to an activating group) is 1. The zero-order valence-electron chi connectivity index (χ0n) is 17.9. The second-order valence-corrected chi connectivity index (χ2v) is 7.95. The lowest BCUT2D eigenvalue weighted by Gasteiger charge is -2.34. The number of carbonyl (C=O) groups excluding carboxylic acids is 2. The maximum atomic E-state index is 13.7. The number of para-hydroxylation sites is 2. The molecule has 4 rings (SSSR count). The average Bonchev–Trinajstić information content (AvgIpc) is 2.99. The van der Waals surface area contributed by atoms with Gasteiger partial charge in [0.1, 0.15) is 11.4 Å². The number of aryl methyl sites for hydroxylation is 2. The molecule has 2 aromatic carbocycles. The number of nitrogens with zero attached hydrogens (tertiary/aromatic N) is 3. The van der Waals surface area contributed by atoms with E-state index in [1.807, 2.05) is 44.2 Å². The van der Waals surface area contributed by atoms with E-state index in [1.54, 1.807) is 19.2 Å². The molecule has 2 heterocycles. The van der Waals surface area contributed by atoms with Crippen LogP contribution < -0.4 is 9.64 Å². The lowest BCUT2D eigenvalue weighted by Crippen LogP contribution is -2.46. The minimum atomic E-state index is -0.301. The molecule has 0 aromatic heterocycles. The number of rotatable bonds is 4. The van der Waals surface area contributed by atoms with Crippen LogP contribution in [-0.4, -0.2) is 62.0 Å². The van der Waals surface area contributed by atoms with Gasteiger partial charge in [-0.1, -0.05) is 35.9 Å². The third kappa shape index (κ3) is 3.37. The van der Waals surface area contributed by atoms with E-state index in [4.69, 9.17) is 4.74 Å². The Kier molecular flexibility index (Phi) is 5.35. The number of hydrogen-bond donors (Lipinski definition) is 0. The summed E-state index contributed by atoms with van der Waals surface area (Å²) in [5, 5.41) is 0. The van der Waals surface area contributed by atoms with Crippen LogP contribution in [0.25, 0.3) is 5.57 Å². The van der Waals surface area contributed by atoms with Crippen LogP contribution in [0.2, 0.25) is 0 Å². The van der Waals surface area contributed by atoms with Gasteiger partial charge < -0.3 is 14.5 Å². The van der Waals surface area contributed by atoms with Crippen LogP contribution in [-0.2, 0) is 9.59 Å². The number of amides is 2. The van der Waals surface area contributed by atoms with Crippen molar-refractivity contribution in [3.05, 3.63) is 64.9 Å². The summed E-state index contributed by atoms with van der Waals surface area (Å²) in [7, 11) is 3.61. The van der Waals surface area contributed by atoms with Crippen molar-refractivity contribution in [1.29, 1.82) is 0 Å². The van der Waals surface area contributed by atoms with Gasteiger partial charge in [-0.05, 0) is 44.2 Å². The third-order valence-electron chi connectivity index (χ3n) is 5.86. The van der Waals surface area contributed by atoms with Crippen molar-refractivity contribution in [2.75, 3.05) is 45.2 Å². The van der Waals surface area contributed by atoms with E-state index in [2.05, 4.69) is 16.8 Å². The predicted octanol–water partition coefficient (Wildman–Crippen LogP) is 2.84. The number of hydrogen-bond acceptors (Lipinski definition) is 5. The molecule has 0 saturated carbocycles. The first-order chi connectivity index (χ1) is 14.4. The number of benzene rings is 2. The molecule has 30 heavy (non-hydrogen) atoms. The van der Waals surface area contributed by atoms with Crippen LogP contribution in [0.1, 0.15) is 16.7 Å². The van der Waals surface area contributed by atoms with E-state index < -0.39 is 0 Å². The Morgan fingerprint density at radius 1 is 0.900 bits per heavy atom. The van der Waals surface area contributed by atoms with Gasteiger partial charge >= 0.3 is 0 Å². The minimum Gasteiger partial charge on any atom is -0.495 e. The van der Waals surface area contributed by atoms with Crippen LogP contribution in [0, 0.1) is 13.8 Å². The Bertz CT molecular complexity index is 1040. The van der Waals surface area contributed by atoms with Gasteiger partial charge in [0.15, 0.2) is 0 Å². The molecule has 0 spiro atoms. The van der Waals surface area contributed by atoms with Crippen LogP contribution in [0.4, 0.5) is 5.69 Å². The molecule has 0 radical (unpaired) electrons. The summed E-state index contributed by atoms with van der Waals surface area (Å²) in [4.78, 5) is 32.9. The quantitative estimate of drug-likeness (QED) is 0.733. The Morgan fingerprint density at radius 3 is 2.27 bits per heavy atom. The minimum absolute atomic E-state index is 0.288. The summed E-state index contributed by atoms with van der Waals surface area (Å²) in [6.45, 7) is 7.12. The maximum absolute atomic E-state index is 13.7. The molecule has 0 unspecified atom stereocenters. The fraction of sp³-hybridized carbons (Fsp3) is 0.333. The molecule has 156 valence electrons. The van der Waals surface area contributed by atoms with E-state index in [0.717, 1.165) is 29.8 Å². The Hall–Kier alpha value is -3.12. The van der Waals surface area contributed by atoms with Crippen molar-refractivity contribution in [3.63, 3.8) is 0 Å². The average molecular weight is 405 g/mol. The first kappa shape index (κ1) is 20.2. The van der Waals surface area contributed by atoms with Crippen LogP contribution in [0.3, 0.4) is 0 Å². The van der Waals surface area contributed by atoms with Crippen molar-refractivity contribution < 1.29 is 14.3 Å². The van der Waals surface area contributed by atoms with Crippen molar-refractivity contribution in [1.82, 2.24) is 9.80 Å². The molecular formula is C24H27N3O3. The summed E-state index contributed by atoms with van der Waals surface area (Å²) in [5.41, 5.74) is 4.36. The van der Waals surface area contributed by atoms with E-state index in [0.29, 0.717) is 35.8 Å². The molecule has 2 amide bonds. The lowest BCUT2D eigenvalue weighted by molar-refractivity contribution is -0.120. The van der Waals surface area contributed by atoms with Crippen LogP contribution in [0.15, 0.2) is 48.2 Å². The summed E-state index contributed by atoms with van der Waals surface area (Å²) in [6.07, 6.45) is 0. The van der Waals surface area contributed by atoms with Gasteiger partial charge in [-0.2, -0.15) is 0 Å². The molecule has 0 aliphatic carbocycles. The summed E-state index contributed by atoms with van der Waals surface area (Å²) in [5.74, 6) is -0.0896. The van der Waals surface area contributed by atoms with Gasteiger partial charge in [-0.25, -0.2) is 4.90 Å². The van der Waals surface area contributed by atoms with Crippen LogP contribution in [0.5, 0.6) is 5.75 Å². The van der Waals surface area contributed by atoms with Gasteiger partial charge in [0, 0.05) is 26.2 Å². The number of ether oxygens (including phenoxy) is 1. The molecule has 6 heteroatoms. The van der Waals surface area contributed by atoms with E-state index in [9.17, 15) is 9.59 Å². The van der Waals surface area contributed by atoms with Crippen molar-refractivity contribution in [2.45, 2.75) is 13.8 Å². The third-order valence-corrected chi connectivity index (χ3v) is 5.86. The Labute approximate surface area is 177 Å². The highest BCUT2D eigenvalue weighted by Crippen LogP contribution is 2.39. The SMILES string of the molecule is COc1ccccc1N1C(=O)C(c2ccc(C)cc2C)=C(N2CCN(C)CC2)C1=O.